The Labute approximate surface area is 231 Å². The molecule has 1 saturated carbocycles. The van der Waals surface area contributed by atoms with E-state index in [1.54, 1.807) is 12.1 Å². The SMILES string of the molecule is CC1CCCCC1C(=O)N1CCC2(Sc3ccc(F)cc3)c3ccc(C(F)(C(F)(F)F)C(F)(F)F)cc3CCC12. The van der Waals surface area contributed by atoms with Gasteiger partial charge in [0.25, 0.3) is 0 Å². The predicted molar refractivity (Wildman–Crippen MR) is 135 cm³/mol. The number of carbonyl (C=O) groups is 1. The van der Waals surface area contributed by atoms with E-state index in [-0.39, 0.29) is 35.8 Å². The van der Waals surface area contributed by atoms with Crippen molar-refractivity contribution in [3.05, 3.63) is 65.0 Å². The number of nitrogens with zero attached hydrogens (tertiary/aromatic N) is 1. The van der Waals surface area contributed by atoms with Crippen molar-refractivity contribution in [3.63, 3.8) is 0 Å². The zero-order valence-electron chi connectivity index (χ0n) is 21.7. The molecule has 4 atom stereocenters. The molecule has 4 unspecified atom stereocenters. The van der Waals surface area contributed by atoms with Gasteiger partial charge in [-0.1, -0.05) is 38.0 Å². The maximum Gasteiger partial charge on any atom is 0.435 e. The smallest absolute Gasteiger partial charge is 0.338 e. The normalized spacial score (nSPS) is 27.3. The highest BCUT2D eigenvalue weighted by Crippen LogP contribution is 2.59. The molecule has 2 aliphatic carbocycles. The molecule has 11 heteroatoms. The molecule has 1 heterocycles. The molecular weight excluding hydrogens is 562 g/mol. The maximum absolute atomic E-state index is 14.9. The number of hydrogen-bond donors (Lipinski definition) is 0. The van der Waals surface area contributed by atoms with E-state index in [2.05, 4.69) is 6.92 Å². The van der Waals surface area contributed by atoms with Crippen LogP contribution in [0, 0.1) is 17.7 Å². The lowest BCUT2D eigenvalue weighted by atomic mass is 9.76. The second-order valence-electron chi connectivity index (χ2n) is 11.2. The van der Waals surface area contributed by atoms with Gasteiger partial charge in [-0.05, 0) is 73.4 Å². The monoisotopic (exact) mass is 591 g/mol. The van der Waals surface area contributed by atoms with Crippen molar-refractivity contribution >= 4 is 17.7 Å². The molecule has 0 bridgehead atoms. The minimum absolute atomic E-state index is 0.0239. The van der Waals surface area contributed by atoms with E-state index in [1.807, 2.05) is 4.90 Å². The Bertz CT molecular complexity index is 1250. The summed E-state index contributed by atoms with van der Waals surface area (Å²) >= 11 is 1.33. The molecule has 2 aromatic rings. The van der Waals surface area contributed by atoms with E-state index in [0.717, 1.165) is 31.7 Å². The largest absolute Gasteiger partial charge is 0.435 e. The van der Waals surface area contributed by atoms with Crippen LogP contribution in [-0.2, 0) is 21.6 Å². The first-order chi connectivity index (χ1) is 18.7. The number of aryl methyl sites for hydroxylation is 1. The molecule has 218 valence electrons. The molecule has 5 rings (SSSR count). The molecule has 1 amide bonds. The molecule has 0 aromatic heterocycles. The Morgan fingerprint density at radius 1 is 0.925 bits per heavy atom. The van der Waals surface area contributed by atoms with Gasteiger partial charge in [-0.15, -0.1) is 11.8 Å². The minimum atomic E-state index is -6.20. The predicted octanol–water partition coefficient (Wildman–Crippen LogP) is 8.48. The third-order valence-electron chi connectivity index (χ3n) is 8.89. The number of amides is 1. The summed E-state index contributed by atoms with van der Waals surface area (Å²) < 4.78 is 109. The van der Waals surface area contributed by atoms with Gasteiger partial charge < -0.3 is 4.90 Å². The van der Waals surface area contributed by atoms with Crippen molar-refractivity contribution in [3.8, 4) is 0 Å². The third kappa shape index (κ3) is 4.69. The summed E-state index contributed by atoms with van der Waals surface area (Å²) in [6.07, 6.45) is -7.89. The van der Waals surface area contributed by atoms with Crippen molar-refractivity contribution in [1.82, 2.24) is 4.90 Å². The minimum Gasteiger partial charge on any atom is -0.338 e. The number of halogens is 8. The number of thioether (sulfide) groups is 1. The van der Waals surface area contributed by atoms with Crippen molar-refractivity contribution in [1.29, 1.82) is 0 Å². The summed E-state index contributed by atoms with van der Waals surface area (Å²) in [5.74, 6) is -0.368. The topological polar surface area (TPSA) is 20.3 Å². The first-order valence-electron chi connectivity index (χ1n) is 13.4. The number of likely N-dealkylation sites (tertiary alicyclic amines) is 1. The standard InChI is InChI=1S/C29H29F8NOS/c1-17-4-2-3-5-22(17)25(39)38-15-14-26(40-21-10-8-20(30)9-11-21)23-12-7-19(16-18(23)6-13-24(26)38)27(31,28(32,33)34)29(35,36)37/h7-12,16-17,22,24H,2-6,13-15H2,1H3. The molecule has 3 aliphatic rings. The van der Waals surface area contributed by atoms with Crippen LogP contribution in [0.4, 0.5) is 35.1 Å². The highest BCUT2D eigenvalue weighted by molar-refractivity contribution is 8.00. The van der Waals surface area contributed by atoms with E-state index in [4.69, 9.17) is 0 Å². The van der Waals surface area contributed by atoms with Crippen LogP contribution in [-0.4, -0.2) is 35.7 Å². The quantitative estimate of drug-likeness (QED) is 0.333. The molecule has 2 aromatic carbocycles. The van der Waals surface area contributed by atoms with E-state index in [1.165, 1.54) is 23.9 Å². The highest BCUT2D eigenvalue weighted by Gasteiger charge is 2.73. The van der Waals surface area contributed by atoms with E-state index >= 15 is 0 Å². The molecule has 0 spiro atoms. The average Bonchev–Trinajstić information content (AvgIpc) is 3.27. The Hall–Kier alpha value is -2.30. The zero-order chi connectivity index (χ0) is 29.1. The molecule has 1 aliphatic heterocycles. The summed E-state index contributed by atoms with van der Waals surface area (Å²) in [6.45, 7) is 2.43. The maximum atomic E-state index is 14.9. The van der Waals surface area contributed by atoms with Gasteiger partial charge in [0.05, 0.1) is 10.8 Å². The van der Waals surface area contributed by atoms with Gasteiger partial charge in [0.1, 0.15) is 5.82 Å². The van der Waals surface area contributed by atoms with Crippen LogP contribution in [0.1, 0.15) is 62.1 Å². The second kappa shape index (κ2) is 10.2. The molecule has 0 radical (unpaired) electrons. The van der Waals surface area contributed by atoms with Crippen LogP contribution in [0.15, 0.2) is 47.4 Å². The second-order valence-corrected chi connectivity index (χ2v) is 12.6. The molecule has 0 N–H and O–H groups in total. The summed E-state index contributed by atoms with van der Waals surface area (Å²) in [4.78, 5) is 16.3. The molecular formula is C29H29F8NOS. The number of rotatable bonds is 4. The average molecular weight is 592 g/mol. The number of carbonyl (C=O) groups excluding carboxylic acids is 1. The lowest BCUT2D eigenvalue weighted by Gasteiger charge is -2.44. The van der Waals surface area contributed by atoms with E-state index < -0.39 is 34.1 Å². The van der Waals surface area contributed by atoms with Gasteiger partial charge in [0.15, 0.2) is 0 Å². The van der Waals surface area contributed by atoms with Crippen LogP contribution >= 0.6 is 11.8 Å². The van der Waals surface area contributed by atoms with Crippen LogP contribution in [0.25, 0.3) is 0 Å². The third-order valence-corrected chi connectivity index (χ3v) is 10.5. The Kier molecular flexibility index (Phi) is 7.45. The van der Waals surface area contributed by atoms with Crippen molar-refractivity contribution in [2.45, 2.75) is 85.6 Å². The fourth-order valence-corrected chi connectivity index (χ4v) is 8.40. The molecule has 40 heavy (non-hydrogen) atoms. The summed E-state index contributed by atoms with van der Waals surface area (Å²) in [7, 11) is 0. The van der Waals surface area contributed by atoms with Crippen LogP contribution < -0.4 is 0 Å². The number of fused-ring (bicyclic) bond motifs is 3. The summed E-state index contributed by atoms with van der Waals surface area (Å²) in [6, 6.07) is 7.71. The number of benzene rings is 2. The lowest BCUT2D eigenvalue weighted by molar-refractivity contribution is -0.348. The number of alkyl halides is 7. The molecule has 2 nitrogen and oxygen atoms in total. The fraction of sp³-hybridized carbons (Fsp3) is 0.552. The molecule has 2 fully saturated rings. The van der Waals surface area contributed by atoms with Gasteiger partial charge in [-0.25, -0.2) is 8.78 Å². The Balaban J connectivity index is 1.58. The van der Waals surface area contributed by atoms with Crippen LogP contribution in [0.3, 0.4) is 0 Å². The Morgan fingerprint density at radius 2 is 1.57 bits per heavy atom. The first kappa shape index (κ1) is 29.2. The van der Waals surface area contributed by atoms with Gasteiger partial charge in [-0.2, -0.15) is 26.3 Å². The molecule has 1 saturated heterocycles. The highest BCUT2D eigenvalue weighted by atomic mass is 32.2. The van der Waals surface area contributed by atoms with E-state index in [9.17, 15) is 39.9 Å². The van der Waals surface area contributed by atoms with Gasteiger partial charge in [0, 0.05) is 22.9 Å². The zero-order valence-corrected chi connectivity index (χ0v) is 22.5. The summed E-state index contributed by atoms with van der Waals surface area (Å²) in [5.41, 5.74) is -6.34. The lowest BCUT2D eigenvalue weighted by Crippen LogP contribution is -2.51. The Morgan fingerprint density at radius 3 is 2.20 bits per heavy atom. The van der Waals surface area contributed by atoms with Gasteiger partial charge in [0.2, 0.25) is 5.91 Å². The van der Waals surface area contributed by atoms with Gasteiger partial charge in [-0.3, -0.25) is 4.79 Å². The van der Waals surface area contributed by atoms with Crippen LogP contribution in [0.5, 0.6) is 0 Å². The fourth-order valence-electron chi connectivity index (χ4n) is 6.82. The van der Waals surface area contributed by atoms with Gasteiger partial charge >= 0.3 is 18.0 Å². The van der Waals surface area contributed by atoms with Crippen molar-refractivity contribution < 1.29 is 39.9 Å². The van der Waals surface area contributed by atoms with Crippen molar-refractivity contribution in [2.75, 3.05) is 6.54 Å². The first-order valence-corrected chi connectivity index (χ1v) is 14.2. The number of hydrogen-bond acceptors (Lipinski definition) is 2. The van der Waals surface area contributed by atoms with Crippen LogP contribution in [0.2, 0.25) is 0 Å². The van der Waals surface area contributed by atoms with E-state index in [0.29, 0.717) is 42.0 Å². The van der Waals surface area contributed by atoms with Crippen molar-refractivity contribution in [2.24, 2.45) is 11.8 Å². The summed E-state index contributed by atoms with van der Waals surface area (Å²) in [5, 5.41) is 0.